The van der Waals surface area contributed by atoms with Crippen molar-refractivity contribution in [3.63, 3.8) is 0 Å². The fraction of sp³-hybridized carbons (Fsp3) is 0.114. The van der Waals surface area contributed by atoms with E-state index in [1.165, 1.54) is 16.8 Å². The molecule has 47 heavy (non-hydrogen) atoms. The van der Waals surface area contributed by atoms with Crippen LogP contribution in [0, 0.1) is 6.92 Å². The molecule has 0 atom stereocenters. The second-order valence-corrected chi connectivity index (χ2v) is 12.7. The number of halogens is 1. The third kappa shape index (κ3) is 8.87. The Morgan fingerprint density at radius 3 is 2.38 bits per heavy atom. The Balaban J connectivity index is 1.17. The quantitative estimate of drug-likeness (QED) is 0.115. The van der Waals surface area contributed by atoms with Gasteiger partial charge in [0.15, 0.2) is 6.61 Å². The van der Waals surface area contributed by atoms with Gasteiger partial charge in [-0.05, 0) is 96.4 Å². The Hall–Kier alpha value is -5.39. The van der Waals surface area contributed by atoms with E-state index in [1.54, 1.807) is 109 Å². The molecule has 5 aromatic rings. The summed E-state index contributed by atoms with van der Waals surface area (Å²) in [7, 11) is -3.93. The Morgan fingerprint density at radius 1 is 0.936 bits per heavy atom. The minimum Gasteiger partial charge on any atom is -0.484 e. The van der Waals surface area contributed by atoms with Crippen molar-refractivity contribution >= 4 is 45.3 Å². The number of hydrogen-bond donors (Lipinski definition) is 2. The summed E-state index contributed by atoms with van der Waals surface area (Å²) >= 11 is 6.25. The number of nitrogens with one attached hydrogen (secondary N) is 2. The molecule has 2 amide bonds. The molecule has 1 aromatic heterocycles. The summed E-state index contributed by atoms with van der Waals surface area (Å²) in [6.07, 6.45) is 3.02. The molecule has 0 fully saturated rings. The Kier molecular flexibility index (Phi) is 10.7. The number of carbonyl (C=O) groups excluding carboxylic acids is 2. The lowest BCUT2D eigenvalue weighted by Gasteiger charge is -2.26. The van der Waals surface area contributed by atoms with Gasteiger partial charge in [0.05, 0.1) is 36.2 Å². The third-order valence-electron chi connectivity index (χ3n) is 6.98. The van der Waals surface area contributed by atoms with Gasteiger partial charge in [0, 0.05) is 10.6 Å². The standard InChI is InChI=1S/C35H31ClN4O6S/c1-25-9-16-29(36)20-33(25)40(47(43,44)32-7-3-2-4-8-32)23-27-10-14-28(15-11-27)35(42)39-38-21-26-12-17-30(18-13-26)46-24-34(41)37-22-31-6-5-19-45-31/h2-21H,22-24H2,1H3,(H,37,41)(H,39,42)/b38-21-. The van der Waals surface area contributed by atoms with Crippen molar-refractivity contribution < 1.29 is 27.2 Å². The molecule has 240 valence electrons. The molecule has 0 saturated carbocycles. The number of furan rings is 1. The highest BCUT2D eigenvalue weighted by molar-refractivity contribution is 7.92. The molecule has 0 unspecified atom stereocenters. The molecule has 4 aromatic carbocycles. The Labute approximate surface area is 277 Å². The summed E-state index contributed by atoms with van der Waals surface area (Å²) in [4.78, 5) is 24.9. The molecule has 0 radical (unpaired) electrons. The average Bonchev–Trinajstić information content (AvgIpc) is 3.61. The SMILES string of the molecule is Cc1ccc(Cl)cc1N(Cc1ccc(C(=O)N/N=C\c2ccc(OCC(=O)NCc3ccco3)cc2)cc1)S(=O)(=O)c1ccccc1. The van der Waals surface area contributed by atoms with E-state index in [0.717, 1.165) is 5.56 Å². The fourth-order valence-corrected chi connectivity index (χ4v) is 6.17. The van der Waals surface area contributed by atoms with Crippen LogP contribution in [0.5, 0.6) is 5.75 Å². The van der Waals surface area contributed by atoms with Crippen LogP contribution in [0.2, 0.25) is 5.02 Å². The van der Waals surface area contributed by atoms with Crippen LogP contribution in [0.25, 0.3) is 0 Å². The van der Waals surface area contributed by atoms with Crippen molar-refractivity contribution in [1.29, 1.82) is 0 Å². The Bertz CT molecular complexity index is 1950. The molecule has 2 N–H and O–H groups in total. The van der Waals surface area contributed by atoms with Crippen LogP contribution in [-0.2, 0) is 27.9 Å². The second-order valence-electron chi connectivity index (χ2n) is 10.4. The fourth-order valence-electron chi connectivity index (χ4n) is 4.48. The lowest BCUT2D eigenvalue weighted by molar-refractivity contribution is -0.123. The number of nitrogens with zero attached hydrogens (tertiary/aromatic N) is 2. The summed E-state index contributed by atoms with van der Waals surface area (Å²) in [6.45, 7) is 1.97. The van der Waals surface area contributed by atoms with Gasteiger partial charge in [-0.3, -0.25) is 13.9 Å². The van der Waals surface area contributed by atoms with Crippen molar-refractivity contribution in [3.05, 3.63) is 148 Å². The van der Waals surface area contributed by atoms with Crippen LogP contribution in [0.3, 0.4) is 0 Å². The van der Waals surface area contributed by atoms with Gasteiger partial charge in [-0.1, -0.05) is 48.0 Å². The number of rotatable bonds is 13. The number of aryl methyl sites for hydroxylation is 1. The lowest BCUT2D eigenvalue weighted by atomic mass is 10.1. The smallest absolute Gasteiger partial charge is 0.271 e. The molecule has 0 aliphatic heterocycles. The second kappa shape index (κ2) is 15.3. The van der Waals surface area contributed by atoms with Gasteiger partial charge in [-0.15, -0.1) is 0 Å². The summed E-state index contributed by atoms with van der Waals surface area (Å²) in [5.74, 6) is 0.427. The zero-order chi connectivity index (χ0) is 33.2. The molecule has 5 rings (SSSR count). The first-order valence-corrected chi connectivity index (χ1v) is 16.3. The molecule has 0 aliphatic carbocycles. The maximum absolute atomic E-state index is 13.7. The van der Waals surface area contributed by atoms with Gasteiger partial charge in [-0.2, -0.15) is 5.10 Å². The summed E-state index contributed by atoms with van der Waals surface area (Å²) in [5, 5.41) is 7.14. The van der Waals surface area contributed by atoms with E-state index < -0.39 is 15.9 Å². The highest BCUT2D eigenvalue weighted by atomic mass is 35.5. The average molecular weight is 671 g/mol. The van der Waals surface area contributed by atoms with Crippen LogP contribution in [0.15, 0.2) is 130 Å². The summed E-state index contributed by atoms with van der Waals surface area (Å²) in [6, 6.07) is 30.3. The molecular formula is C35H31ClN4O6S. The first-order valence-electron chi connectivity index (χ1n) is 14.5. The number of sulfonamides is 1. The van der Waals surface area contributed by atoms with Gasteiger partial charge in [0.25, 0.3) is 21.8 Å². The largest absolute Gasteiger partial charge is 0.484 e. The zero-order valence-electron chi connectivity index (χ0n) is 25.3. The minimum absolute atomic E-state index is 0.0216. The van der Waals surface area contributed by atoms with Crippen molar-refractivity contribution in [2.24, 2.45) is 5.10 Å². The van der Waals surface area contributed by atoms with E-state index in [1.807, 2.05) is 6.92 Å². The van der Waals surface area contributed by atoms with E-state index in [2.05, 4.69) is 15.8 Å². The lowest BCUT2D eigenvalue weighted by Crippen LogP contribution is -2.31. The molecule has 1 heterocycles. The van der Waals surface area contributed by atoms with Crippen LogP contribution in [0.1, 0.15) is 32.8 Å². The number of ether oxygens (including phenoxy) is 1. The molecular weight excluding hydrogens is 640 g/mol. The first kappa shape index (κ1) is 33.0. The molecule has 0 bridgehead atoms. The molecule has 10 nitrogen and oxygen atoms in total. The number of hydrazone groups is 1. The molecule has 0 aliphatic rings. The van der Waals surface area contributed by atoms with E-state index in [4.69, 9.17) is 20.8 Å². The van der Waals surface area contributed by atoms with E-state index in [-0.39, 0.29) is 30.5 Å². The summed E-state index contributed by atoms with van der Waals surface area (Å²) < 4.78 is 39.5. The minimum atomic E-state index is -3.93. The predicted molar refractivity (Wildman–Crippen MR) is 180 cm³/mol. The van der Waals surface area contributed by atoms with E-state index in [9.17, 15) is 18.0 Å². The monoisotopic (exact) mass is 670 g/mol. The van der Waals surface area contributed by atoms with Crippen LogP contribution in [-0.4, -0.2) is 33.1 Å². The molecule has 0 saturated heterocycles. The topological polar surface area (TPSA) is 130 Å². The number of hydrogen-bond acceptors (Lipinski definition) is 7. The van der Waals surface area contributed by atoms with Crippen LogP contribution >= 0.6 is 11.6 Å². The van der Waals surface area contributed by atoms with Crippen LogP contribution < -0.4 is 19.8 Å². The highest BCUT2D eigenvalue weighted by Gasteiger charge is 2.26. The normalized spacial score (nSPS) is 11.3. The van der Waals surface area contributed by atoms with Gasteiger partial charge in [0.1, 0.15) is 11.5 Å². The summed E-state index contributed by atoms with van der Waals surface area (Å²) in [5.41, 5.74) is 5.41. The van der Waals surface area contributed by atoms with Crippen molar-refractivity contribution in [2.45, 2.75) is 24.9 Å². The molecule has 12 heteroatoms. The number of carbonyl (C=O) groups is 2. The van der Waals surface area contributed by atoms with Gasteiger partial charge in [0.2, 0.25) is 0 Å². The van der Waals surface area contributed by atoms with Gasteiger partial charge < -0.3 is 14.5 Å². The predicted octanol–water partition coefficient (Wildman–Crippen LogP) is 6.10. The van der Waals surface area contributed by atoms with Gasteiger partial charge in [-0.25, -0.2) is 13.8 Å². The maximum atomic E-state index is 13.7. The van der Waals surface area contributed by atoms with Crippen molar-refractivity contribution in [1.82, 2.24) is 10.7 Å². The van der Waals surface area contributed by atoms with Crippen molar-refractivity contribution in [2.75, 3.05) is 10.9 Å². The zero-order valence-corrected chi connectivity index (χ0v) is 26.9. The third-order valence-corrected chi connectivity index (χ3v) is 8.99. The number of amides is 2. The van der Waals surface area contributed by atoms with E-state index in [0.29, 0.717) is 38.9 Å². The molecule has 0 spiro atoms. The Morgan fingerprint density at radius 2 is 1.68 bits per heavy atom. The number of benzene rings is 4. The van der Waals surface area contributed by atoms with Crippen LogP contribution in [0.4, 0.5) is 5.69 Å². The first-order chi connectivity index (χ1) is 22.7. The number of anilines is 1. The van der Waals surface area contributed by atoms with E-state index >= 15 is 0 Å². The van der Waals surface area contributed by atoms with Gasteiger partial charge >= 0.3 is 0 Å². The van der Waals surface area contributed by atoms with Crippen molar-refractivity contribution in [3.8, 4) is 5.75 Å². The maximum Gasteiger partial charge on any atom is 0.271 e. The highest BCUT2D eigenvalue weighted by Crippen LogP contribution is 2.31.